The SMILES string of the molecule is C[Si]1(C)c2ccccc2C2(c3ccccc31)c1cc(-n3c4ccccc4c4cc5oc6ccccc6c5cc43)sc1C1(c3ccccc3[Si](C)(C)c3ccccc31)c1ccsc12. The zero-order valence-electron chi connectivity index (χ0n) is 34.9. The summed E-state index contributed by atoms with van der Waals surface area (Å²) < 4.78 is 9.12. The summed E-state index contributed by atoms with van der Waals surface area (Å²) in [5.41, 5.74) is 12.0. The Morgan fingerprint density at radius 1 is 0.419 bits per heavy atom. The number of benzene rings is 7. The predicted octanol–water partition coefficient (Wildman–Crippen LogP) is 12.2. The van der Waals surface area contributed by atoms with Crippen molar-refractivity contribution in [2.45, 2.75) is 37.0 Å². The van der Waals surface area contributed by atoms with Gasteiger partial charge in [-0.3, -0.25) is 0 Å². The Bertz CT molecular complexity index is 3500. The van der Waals surface area contributed by atoms with E-state index in [0.717, 1.165) is 21.9 Å². The summed E-state index contributed by atoms with van der Waals surface area (Å²) >= 11 is 3.99. The van der Waals surface area contributed by atoms with Crippen LogP contribution in [0.4, 0.5) is 0 Å². The minimum atomic E-state index is -2.11. The van der Waals surface area contributed by atoms with Gasteiger partial charge in [-0.15, -0.1) is 22.7 Å². The monoisotopic (exact) mass is 863 g/mol. The molecular weight excluding hydrogens is 823 g/mol. The fraction of sp³-hybridized carbons (Fsp3) is 0.107. The first kappa shape index (κ1) is 35.6. The highest BCUT2D eigenvalue weighted by molar-refractivity contribution is 7.15. The maximum atomic E-state index is 6.54. The van der Waals surface area contributed by atoms with Gasteiger partial charge in [0.2, 0.25) is 0 Å². The van der Waals surface area contributed by atoms with Crippen LogP contribution < -0.4 is 20.7 Å². The number of fused-ring (bicyclic) bond motifs is 20. The standard InChI is InChI=1S/C56H41NOS2Si2/c1-61(2)48-25-13-7-19-38(48)55(39-20-8-14-26-49(39)61)42-29-30-59-53(42)56(40-21-9-15-27-50(40)62(3,4)51-28-16-10-22-41(51)56)43-33-52(60-54(43)55)57-44-23-11-5-17-34(44)36-32-47-37(31-45(36)57)35-18-6-12-24-46(35)58-47/h5-33H,1-4H3. The average molecular weight is 864 g/mol. The molecule has 0 radical (unpaired) electrons. The third kappa shape index (κ3) is 4.03. The van der Waals surface area contributed by atoms with Crippen molar-refractivity contribution in [1.82, 2.24) is 4.57 Å². The van der Waals surface area contributed by atoms with Crippen LogP contribution in [-0.2, 0) is 10.8 Å². The molecule has 2 nitrogen and oxygen atoms in total. The van der Waals surface area contributed by atoms with E-state index in [-0.39, 0.29) is 0 Å². The van der Waals surface area contributed by atoms with Crippen LogP contribution in [0, 0.1) is 0 Å². The maximum absolute atomic E-state index is 6.54. The van der Waals surface area contributed by atoms with Gasteiger partial charge >= 0.3 is 0 Å². The van der Waals surface area contributed by atoms with E-state index in [0.29, 0.717) is 0 Å². The van der Waals surface area contributed by atoms with E-state index in [1.165, 1.54) is 90.7 Å². The first-order valence-corrected chi connectivity index (χ1v) is 29.4. The highest BCUT2D eigenvalue weighted by atomic mass is 32.1. The second kappa shape index (κ2) is 11.9. The van der Waals surface area contributed by atoms with Crippen molar-refractivity contribution in [3.8, 4) is 5.00 Å². The van der Waals surface area contributed by atoms with E-state index in [1.807, 2.05) is 22.7 Å². The van der Waals surface area contributed by atoms with Gasteiger partial charge in [-0.1, -0.05) is 160 Å². The second-order valence-corrected chi connectivity index (χ2v) is 29.3. The summed E-state index contributed by atoms with van der Waals surface area (Å²) in [5.74, 6) is 0. The largest absolute Gasteiger partial charge is 0.456 e. The Morgan fingerprint density at radius 2 is 0.935 bits per heavy atom. The van der Waals surface area contributed by atoms with Crippen LogP contribution >= 0.6 is 22.7 Å². The van der Waals surface area contributed by atoms with Crippen molar-refractivity contribution in [2.75, 3.05) is 0 Å². The number of furan rings is 1. The van der Waals surface area contributed by atoms with Gasteiger partial charge in [0.1, 0.15) is 32.3 Å². The zero-order chi connectivity index (χ0) is 41.3. The molecule has 2 aliphatic heterocycles. The molecule has 3 aliphatic rings. The number of hydrogen-bond donors (Lipinski definition) is 0. The van der Waals surface area contributed by atoms with Crippen LogP contribution in [0.25, 0.3) is 48.7 Å². The van der Waals surface area contributed by atoms with Crippen molar-refractivity contribution in [3.05, 3.63) is 218 Å². The summed E-state index contributed by atoms with van der Waals surface area (Å²) in [7, 11) is -4.22. The van der Waals surface area contributed by atoms with Gasteiger partial charge in [-0.25, -0.2) is 0 Å². The molecule has 0 N–H and O–H groups in total. The highest BCUT2D eigenvalue weighted by Crippen LogP contribution is 2.64. The molecule has 0 amide bonds. The van der Waals surface area contributed by atoms with Crippen molar-refractivity contribution in [1.29, 1.82) is 0 Å². The predicted molar refractivity (Wildman–Crippen MR) is 267 cm³/mol. The van der Waals surface area contributed by atoms with Crippen molar-refractivity contribution < 1.29 is 4.42 Å². The van der Waals surface area contributed by atoms with Gasteiger partial charge in [0.05, 0.1) is 21.9 Å². The molecule has 4 aromatic heterocycles. The molecule has 0 fully saturated rings. The molecule has 0 unspecified atom stereocenters. The lowest BCUT2D eigenvalue weighted by atomic mass is 9.55. The number of rotatable bonds is 1. The molecule has 6 heterocycles. The molecule has 62 heavy (non-hydrogen) atoms. The van der Waals surface area contributed by atoms with E-state index < -0.39 is 27.0 Å². The molecule has 296 valence electrons. The summed E-state index contributed by atoms with van der Waals surface area (Å²) in [6.45, 7) is 10.3. The van der Waals surface area contributed by atoms with E-state index in [4.69, 9.17) is 4.42 Å². The first-order valence-electron chi connectivity index (χ1n) is 21.7. The first-order chi connectivity index (χ1) is 30.3. The smallest absolute Gasteiger partial charge is 0.136 e. The van der Waals surface area contributed by atoms with Crippen LogP contribution in [0.3, 0.4) is 0 Å². The lowest BCUT2D eigenvalue weighted by Gasteiger charge is -2.54. The van der Waals surface area contributed by atoms with Crippen LogP contribution in [0.2, 0.25) is 26.2 Å². The van der Waals surface area contributed by atoms with E-state index >= 15 is 0 Å². The molecule has 0 bridgehead atoms. The molecule has 7 aromatic carbocycles. The van der Waals surface area contributed by atoms with Gasteiger partial charge in [-0.05, 0) is 95.9 Å². The minimum Gasteiger partial charge on any atom is -0.456 e. The fourth-order valence-electron chi connectivity index (χ4n) is 12.7. The van der Waals surface area contributed by atoms with Gasteiger partial charge in [0, 0.05) is 31.3 Å². The third-order valence-electron chi connectivity index (χ3n) is 15.3. The average Bonchev–Trinajstić information content (AvgIpc) is 4.11. The lowest BCUT2D eigenvalue weighted by Crippen LogP contribution is -2.66. The fourth-order valence-corrected chi connectivity index (χ4v) is 21.8. The van der Waals surface area contributed by atoms with Crippen molar-refractivity contribution in [2.24, 2.45) is 0 Å². The number of para-hydroxylation sites is 2. The molecule has 11 aromatic rings. The summed E-state index contributed by atoms with van der Waals surface area (Å²) in [4.78, 5) is 2.90. The molecule has 2 spiro atoms. The second-order valence-electron chi connectivity index (χ2n) is 18.7. The van der Waals surface area contributed by atoms with Crippen molar-refractivity contribution >= 4 is 103 Å². The van der Waals surface area contributed by atoms with Gasteiger partial charge in [-0.2, -0.15) is 0 Å². The van der Waals surface area contributed by atoms with E-state index in [2.05, 4.69) is 206 Å². The molecule has 0 saturated heterocycles. The Labute approximate surface area is 370 Å². The quantitative estimate of drug-likeness (QED) is 0.150. The summed E-state index contributed by atoms with van der Waals surface area (Å²) in [6.07, 6.45) is 0. The van der Waals surface area contributed by atoms with Gasteiger partial charge in [0.15, 0.2) is 0 Å². The summed E-state index contributed by atoms with van der Waals surface area (Å²) in [6, 6.07) is 65.5. The molecule has 0 saturated carbocycles. The Hall–Kier alpha value is -6.03. The number of aromatic nitrogens is 1. The molecule has 14 rings (SSSR count). The van der Waals surface area contributed by atoms with Crippen LogP contribution in [0.5, 0.6) is 0 Å². The highest BCUT2D eigenvalue weighted by Gasteiger charge is 2.62. The lowest BCUT2D eigenvalue weighted by molar-refractivity contribution is 0.646. The third-order valence-corrected chi connectivity index (χ3v) is 24.7. The Balaban J connectivity index is 1.20. The van der Waals surface area contributed by atoms with Gasteiger partial charge < -0.3 is 8.98 Å². The molecule has 0 atom stereocenters. The van der Waals surface area contributed by atoms with E-state index in [9.17, 15) is 0 Å². The number of nitrogens with zero attached hydrogens (tertiary/aromatic N) is 1. The Kier molecular flexibility index (Phi) is 6.83. The van der Waals surface area contributed by atoms with E-state index in [1.54, 1.807) is 0 Å². The number of hydrogen-bond acceptors (Lipinski definition) is 3. The normalized spacial score (nSPS) is 16.9. The van der Waals surface area contributed by atoms with Crippen LogP contribution in [-0.4, -0.2) is 20.7 Å². The van der Waals surface area contributed by atoms with Crippen LogP contribution in [0.15, 0.2) is 180 Å². The van der Waals surface area contributed by atoms with Gasteiger partial charge in [0.25, 0.3) is 0 Å². The molecule has 6 heteroatoms. The number of thiophene rings is 2. The molecule has 1 aliphatic carbocycles. The van der Waals surface area contributed by atoms with Crippen LogP contribution in [0.1, 0.15) is 43.1 Å². The topological polar surface area (TPSA) is 18.1 Å². The zero-order valence-corrected chi connectivity index (χ0v) is 38.5. The van der Waals surface area contributed by atoms with Crippen molar-refractivity contribution in [3.63, 3.8) is 0 Å². The summed E-state index contributed by atoms with van der Waals surface area (Å²) in [5, 5.41) is 14.6. The molecular formula is C56H41NOS2Si2. The maximum Gasteiger partial charge on any atom is 0.136 e. The minimum absolute atomic E-state index is 0.504. The Morgan fingerprint density at radius 3 is 1.55 bits per heavy atom.